The Morgan fingerprint density at radius 3 is 2.72 bits per heavy atom. The second-order valence-electron chi connectivity index (χ2n) is 4.94. The molecule has 0 spiro atoms. The molecule has 0 aliphatic rings. The molecule has 1 amide bonds. The Labute approximate surface area is 107 Å². The second kappa shape index (κ2) is 5.56. The van der Waals surface area contributed by atoms with E-state index in [1.54, 1.807) is 38.5 Å². The first kappa shape index (κ1) is 14.1. The van der Waals surface area contributed by atoms with E-state index in [1.165, 1.54) is 0 Å². The molecule has 0 bridgehead atoms. The summed E-state index contributed by atoms with van der Waals surface area (Å²) in [5.41, 5.74) is 6.13. The van der Waals surface area contributed by atoms with Crippen LogP contribution in [0.1, 0.15) is 32.0 Å². The number of nitrogens with zero attached hydrogens (tertiary/aromatic N) is 2. The Bertz CT molecular complexity index is 465. The molecule has 0 saturated carbocycles. The summed E-state index contributed by atoms with van der Waals surface area (Å²) in [6.45, 7) is 5.81. The van der Waals surface area contributed by atoms with E-state index in [0.29, 0.717) is 12.2 Å². The van der Waals surface area contributed by atoms with Crippen LogP contribution in [0.25, 0.3) is 0 Å². The maximum Gasteiger partial charge on any atom is 0.422 e. The molecule has 0 saturated heterocycles. The largest absolute Gasteiger partial charge is 0.443 e. The predicted octanol–water partition coefficient (Wildman–Crippen LogP) is 1.43. The number of nitriles is 1. The van der Waals surface area contributed by atoms with E-state index < -0.39 is 11.7 Å². The standard InChI is InChI=1S/C12H18N4O2/c1-12(2,3)18-11(17)15-14-7-9-5-10(6-13)16(4)8-9/h5,8,14H,7H2,1-4H3,(H,15,17). The fraction of sp³-hybridized carbons (Fsp3) is 0.500. The van der Waals surface area contributed by atoms with Gasteiger partial charge in [0.15, 0.2) is 0 Å². The molecule has 0 radical (unpaired) electrons. The van der Waals surface area contributed by atoms with Crippen LogP contribution in [0, 0.1) is 11.3 Å². The molecule has 1 aromatic rings. The van der Waals surface area contributed by atoms with Crippen molar-refractivity contribution in [1.82, 2.24) is 15.4 Å². The van der Waals surface area contributed by atoms with Gasteiger partial charge in [0.2, 0.25) is 0 Å². The van der Waals surface area contributed by atoms with Crippen molar-refractivity contribution in [2.75, 3.05) is 0 Å². The molecular weight excluding hydrogens is 232 g/mol. The number of rotatable bonds is 3. The molecule has 0 aliphatic carbocycles. The van der Waals surface area contributed by atoms with E-state index in [4.69, 9.17) is 10.00 Å². The van der Waals surface area contributed by atoms with Crippen LogP contribution in [-0.2, 0) is 18.3 Å². The van der Waals surface area contributed by atoms with E-state index in [-0.39, 0.29) is 0 Å². The van der Waals surface area contributed by atoms with Crippen molar-refractivity contribution in [2.24, 2.45) is 7.05 Å². The van der Waals surface area contributed by atoms with E-state index in [0.717, 1.165) is 5.56 Å². The predicted molar refractivity (Wildman–Crippen MR) is 66.3 cm³/mol. The third-order valence-corrected chi connectivity index (χ3v) is 2.06. The lowest BCUT2D eigenvalue weighted by molar-refractivity contribution is 0.0497. The van der Waals surface area contributed by atoms with Crippen LogP contribution in [-0.4, -0.2) is 16.3 Å². The van der Waals surface area contributed by atoms with Crippen LogP contribution in [0.2, 0.25) is 0 Å². The normalized spacial score (nSPS) is 10.8. The number of nitrogens with one attached hydrogen (secondary N) is 2. The number of aryl methyl sites for hydroxylation is 1. The average molecular weight is 250 g/mol. The van der Waals surface area contributed by atoms with Gasteiger partial charge >= 0.3 is 6.09 Å². The van der Waals surface area contributed by atoms with Crippen LogP contribution >= 0.6 is 0 Å². The summed E-state index contributed by atoms with van der Waals surface area (Å²) in [6, 6.07) is 3.82. The number of carbonyl (C=O) groups excluding carboxylic acids is 1. The summed E-state index contributed by atoms with van der Waals surface area (Å²) in [5.74, 6) is 0. The van der Waals surface area contributed by atoms with Gasteiger partial charge in [0.05, 0.1) is 0 Å². The Balaban J connectivity index is 2.38. The SMILES string of the molecule is Cn1cc(CNNC(=O)OC(C)(C)C)cc1C#N. The van der Waals surface area contributed by atoms with Gasteiger partial charge in [-0.05, 0) is 32.4 Å². The number of aromatic nitrogens is 1. The van der Waals surface area contributed by atoms with Gasteiger partial charge < -0.3 is 9.30 Å². The Morgan fingerprint density at radius 1 is 1.56 bits per heavy atom. The fourth-order valence-corrected chi connectivity index (χ4v) is 1.36. The lowest BCUT2D eigenvalue weighted by Crippen LogP contribution is -2.40. The molecule has 6 nitrogen and oxygen atoms in total. The third-order valence-electron chi connectivity index (χ3n) is 2.06. The molecule has 18 heavy (non-hydrogen) atoms. The minimum atomic E-state index is -0.529. The van der Waals surface area contributed by atoms with Crippen molar-refractivity contribution in [3.05, 3.63) is 23.5 Å². The fourth-order valence-electron chi connectivity index (χ4n) is 1.36. The van der Waals surface area contributed by atoms with Gasteiger partial charge in [0.1, 0.15) is 17.4 Å². The Kier molecular flexibility index (Phi) is 4.34. The Morgan fingerprint density at radius 2 is 2.22 bits per heavy atom. The highest BCUT2D eigenvalue weighted by atomic mass is 16.6. The summed E-state index contributed by atoms with van der Waals surface area (Å²) in [7, 11) is 1.79. The highest BCUT2D eigenvalue weighted by Gasteiger charge is 2.15. The lowest BCUT2D eigenvalue weighted by atomic mass is 10.2. The van der Waals surface area contributed by atoms with Crippen LogP contribution < -0.4 is 10.9 Å². The smallest absolute Gasteiger partial charge is 0.422 e. The zero-order valence-corrected chi connectivity index (χ0v) is 11.1. The number of hydrogen-bond acceptors (Lipinski definition) is 4. The maximum atomic E-state index is 11.3. The molecule has 0 atom stereocenters. The van der Waals surface area contributed by atoms with Gasteiger partial charge in [0, 0.05) is 19.8 Å². The van der Waals surface area contributed by atoms with Gasteiger partial charge in [-0.1, -0.05) is 0 Å². The molecule has 1 aromatic heterocycles. The number of amides is 1. The van der Waals surface area contributed by atoms with Crippen molar-refractivity contribution < 1.29 is 9.53 Å². The summed E-state index contributed by atoms with van der Waals surface area (Å²) in [5, 5.41) is 8.79. The van der Waals surface area contributed by atoms with Gasteiger partial charge in [0.25, 0.3) is 0 Å². The van der Waals surface area contributed by atoms with Crippen LogP contribution in [0.4, 0.5) is 4.79 Å². The topological polar surface area (TPSA) is 79.1 Å². The average Bonchev–Trinajstić information content (AvgIpc) is 2.56. The van der Waals surface area contributed by atoms with Crippen LogP contribution in [0.3, 0.4) is 0 Å². The summed E-state index contributed by atoms with van der Waals surface area (Å²) in [6.07, 6.45) is 1.29. The molecule has 1 rings (SSSR count). The van der Waals surface area contributed by atoms with Crippen molar-refractivity contribution >= 4 is 6.09 Å². The van der Waals surface area contributed by atoms with E-state index in [1.807, 2.05) is 6.20 Å². The highest BCUT2D eigenvalue weighted by molar-refractivity contribution is 5.66. The van der Waals surface area contributed by atoms with E-state index in [9.17, 15) is 4.79 Å². The minimum absolute atomic E-state index is 0.425. The van der Waals surface area contributed by atoms with Crippen molar-refractivity contribution in [1.29, 1.82) is 5.26 Å². The lowest BCUT2D eigenvalue weighted by Gasteiger charge is -2.19. The molecular formula is C12H18N4O2. The van der Waals surface area contributed by atoms with Gasteiger partial charge in [-0.25, -0.2) is 10.2 Å². The molecule has 6 heteroatoms. The summed E-state index contributed by atoms with van der Waals surface area (Å²) < 4.78 is 6.78. The van der Waals surface area contributed by atoms with E-state index >= 15 is 0 Å². The first-order chi connectivity index (χ1) is 8.31. The zero-order chi connectivity index (χ0) is 13.8. The second-order valence-corrected chi connectivity index (χ2v) is 4.94. The van der Waals surface area contributed by atoms with Crippen LogP contribution in [0.5, 0.6) is 0 Å². The summed E-state index contributed by atoms with van der Waals surface area (Å²) >= 11 is 0. The molecule has 98 valence electrons. The van der Waals surface area contributed by atoms with Crippen molar-refractivity contribution in [3.8, 4) is 6.07 Å². The maximum absolute atomic E-state index is 11.3. The number of hydrazine groups is 1. The zero-order valence-electron chi connectivity index (χ0n) is 11.1. The molecule has 1 heterocycles. The monoisotopic (exact) mass is 250 g/mol. The number of ether oxygens (including phenoxy) is 1. The first-order valence-corrected chi connectivity index (χ1v) is 5.59. The number of carbonyl (C=O) groups is 1. The van der Waals surface area contributed by atoms with Gasteiger partial charge in [-0.2, -0.15) is 5.26 Å². The number of hydrogen-bond donors (Lipinski definition) is 2. The molecule has 0 aromatic carbocycles. The third kappa shape index (κ3) is 4.47. The Hall–Kier alpha value is -2.00. The van der Waals surface area contributed by atoms with Crippen molar-refractivity contribution in [3.63, 3.8) is 0 Å². The highest BCUT2D eigenvalue weighted by Crippen LogP contribution is 2.07. The van der Waals surface area contributed by atoms with Gasteiger partial charge in [-0.3, -0.25) is 5.43 Å². The quantitative estimate of drug-likeness (QED) is 0.795. The first-order valence-electron chi connectivity index (χ1n) is 5.59. The van der Waals surface area contributed by atoms with Crippen molar-refractivity contribution in [2.45, 2.75) is 32.9 Å². The molecule has 2 N–H and O–H groups in total. The molecule has 0 fully saturated rings. The molecule has 0 unspecified atom stereocenters. The minimum Gasteiger partial charge on any atom is -0.443 e. The van der Waals surface area contributed by atoms with E-state index in [2.05, 4.69) is 16.9 Å². The summed E-state index contributed by atoms with van der Waals surface area (Å²) in [4.78, 5) is 11.3. The molecule has 0 aliphatic heterocycles. The van der Waals surface area contributed by atoms with Gasteiger partial charge in [-0.15, -0.1) is 0 Å². The van der Waals surface area contributed by atoms with Crippen LogP contribution in [0.15, 0.2) is 12.3 Å².